The van der Waals surface area contributed by atoms with E-state index in [0.29, 0.717) is 0 Å². The van der Waals surface area contributed by atoms with Gasteiger partial charge >= 0.3 is 12.3 Å². The molecule has 0 aliphatic carbocycles. The summed E-state index contributed by atoms with van der Waals surface area (Å²) in [5.74, 6) is 0.594. The Morgan fingerprint density at radius 1 is 1.19 bits per heavy atom. The molecular formula is C10H5F3O3. The van der Waals surface area contributed by atoms with Gasteiger partial charge in [0.05, 0.1) is 5.92 Å². The quantitative estimate of drug-likeness (QED) is 0.421. The lowest BCUT2D eigenvalue weighted by Gasteiger charge is -1.99. The minimum absolute atomic E-state index is 0.189. The summed E-state index contributed by atoms with van der Waals surface area (Å²) in [6.45, 7) is 0. The minimum Gasteiger partial charge on any atom is -0.417 e. The van der Waals surface area contributed by atoms with Gasteiger partial charge in [-0.2, -0.15) is 0 Å². The maximum absolute atomic E-state index is 11.5. The van der Waals surface area contributed by atoms with Crippen molar-refractivity contribution in [3.63, 3.8) is 0 Å². The second-order valence-electron chi connectivity index (χ2n) is 2.48. The fraction of sp³-hybridized carbons (Fsp3) is 0.100. The van der Waals surface area contributed by atoms with Gasteiger partial charge in [0.15, 0.2) is 0 Å². The van der Waals surface area contributed by atoms with Crippen LogP contribution in [0.25, 0.3) is 0 Å². The molecule has 0 spiro atoms. The van der Waals surface area contributed by atoms with Crippen molar-refractivity contribution >= 4 is 5.97 Å². The Morgan fingerprint density at radius 2 is 1.81 bits per heavy atom. The Labute approximate surface area is 88.8 Å². The smallest absolute Gasteiger partial charge is 0.417 e. The molecule has 84 valence electrons. The van der Waals surface area contributed by atoms with Crippen LogP contribution < -0.4 is 4.74 Å². The lowest BCUT2D eigenvalue weighted by atomic mass is 10.3. The normalized spacial score (nSPS) is 9.94. The number of hydrogen-bond donors (Lipinski definition) is 0. The zero-order chi connectivity index (χ0) is 12.0. The number of alkyl halides is 3. The van der Waals surface area contributed by atoms with Gasteiger partial charge in [0, 0.05) is 0 Å². The lowest BCUT2D eigenvalue weighted by molar-refractivity contribution is -0.291. The van der Waals surface area contributed by atoms with Gasteiger partial charge in [-0.25, -0.2) is 4.79 Å². The zero-order valence-electron chi connectivity index (χ0n) is 7.75. The monoisotopic (exact) mass is 230 g/mol. The van der Waals surface area contributed by atoms with E-state index in [-0.39, 0.29) is 5.75 Å². The molecule has 1 aromatic rings. The van der Waals surface area contributed by atoms with E-state index in [0.717, 1.165) is 0 Å². The third-order valence-corrected chi connectivity index (χ3v) is 1.27. The molecule has 1 aromatic carbocycles. The molecule has 0 unspecified atom stereocenters. The van der Waals surface area contributed by atoms with E-state index in [2.05, 4.69) is 9.47 Å². The molecule has 0 N–H and O–H groups in total. The van der Waals surface area contributed by atoms with E-state index >= 15 is 0 Å². The molecule has 1 rings (SSSR count). The summed E-state index contributed by atoms with van der Waals surface area (Å²) in [5.41, 5.74) is 0. The first-order valence-electron chi connectivity index (χ1n) is 4.00. The van der Waals surface area contributed by atoms with Crippen molar-refractivity contribution in [2.45, 2.75) is 6.36 Å². The SMILES string of the molecule is O=C(C#COC(F)(F)F)Oc1ccccc1. The van der Waals surface area contributed by atoms with Gasteiger partial charge in [0.25, 0.3) is 0 Å². The first-order chi connectivity index (χ1) is 7.47. The van der Waals surface area contributed by atoms with Gasteiger partial charge < -0.3 is 9.47 Å². The van der Waals surface area contributed by atoms with Gasteiger partial charge in [-0.1, -0.05) is 18.2 Å². The molecule has 0 saturated heterocycles. The summed E-state index contributed by atoms with van der Waals surface area (Å²) in [7, 11) is 0. The van der Waals surface area contributed by atoms with Crippen LogP contribution in [-0.4, -0.2) is 12.3 Å². The molecule has 0 aliphatic rings. The number of ether oxygens (including phenoxy) is 2. The van der Waals surface area contributed by atoms with E-state index in [9.17, 15) is 18.0 Å². The highest BCUT2D eigenvalue weighted by molar-refractivity contribution is 5.89. The topological polar surface area (TPSA) is 35.5 Å². The Morgan fingerprint density at radius 3 is 2.38 bits per heavy atom. The van der Waals surface area contributed by atoms with E-state index in [4.69, 9.17) is 0 Å². The van der Waals surface area contributed by atoms with Gasteiger partial charge in [0.2, 0.25) is 0 Å². The molecule has 0 aromatic heterocycles. The predicted molar refractivity (Wildman–Crippen MR) is 47.0 cm³/mol. The minimum atomic E-state index is -4.89. The second kappa shape index (κ2) is 5.07. The van der Waals surface area contributed by atoms with Crippen LogP contribution in [0.4, 0.5) is 13.2 Å². The summed E-state index contributed by atoms with van der Waals surface area (Å²) in [6.07, 6.45) is -3.69. The number of rotatable bonds is 1. The summed E-state index contributed by atoms with van der Waals surface area (Å²) in [6, 6.07) is 7.81. The molecule has 0 aliphatic heterocycles. The molecule has 0 atom stereocenters. The molecule has 0 heterocycles. The predicted octanol–water partition coefficient (Wildman–Crippen LogP) is 2.09. The maximum atomic E-state index is 11.5. The molecule has 3 nitrogen and oxygen atoms in total. The Hall–Kier alpha value is -2.16. The van der Waals surface area contributed by atoms with Gasteiger partial charge in [-0.15, -0.1) is 13.2 Å². The van der Waals surface area contributed by atoms with Crippen LogP contribution >= 0.6 is 0 Å². The van der Waals surface area contributed by atoms with Crippen molar-refractivity contribution < 1.29 is 27.4 Å². The molecular weight excluding hydrogens is 225 g/mol. The van der Waals surface area contributed by atoms with Crippen LogP contribution in [0.3, 0.4) is 0 Å². The number of hydrogen-bond acceptors (Lipinski definition) is 3. The number of halogens is 3. The molecule has 0 bridgehead atoms. The van der Waals surface area contributed by atoms with Crippen molar-refractivity contribution in [3.8, 4) is 17.8 Å². The maximum Gasteiger partial charge on any atom is 0.581 e. The highest BCUT2D eigenvalue weighted by Crippen LogP contribution is 2.14. The average Bonchev–Trinajstić information content (AvgIpc) is 2.17. The van der Waals surface area contributed by atoms with E-state index in [1.165, 1.54) is 24.2 Å². The first-order valence-corrected chi connectivity index (χ1v) is 4.00. The number of para-hydroxylation sites is 1. The van der Waals surface area contributed by atoms with Crippen molar-refractivity contribution in [2.24, 2.45) is 0 Å². The molecule has 0 saturated carbocycles. The van der Waals surface area contributed by atoms with Crippen LogP contribution in [0, 0.1) is 12.0 Å². The Balaban J connectivity index is 2.49. The standard InChI is InChI=1S/C10H5F3O3/c11-10(12,13)15-7-6-9(14)16-8-4-2-1-3-5-8/h1-5H. The van der Waals surface area contributed by atoms with Crippen LogP contribution in [-0.2, 0) is 9.53 Å². The molecule has 0 radical (unpaired) electrons. The highest BCUT2D eigenvalue weighted by Gasteiger charge is 2.29. The van der Waals surface area contributed by atoms with E-state index in [1.807, 2.05) is 0 Å². The van der Waals surface area contributed by atoms with Gasteiger partial charge in [0.1, 0.15) is 11.9 Å². The second-order valence-corrected chi connectivity index (χ2v) is 2.48. The van der Waals surface area contributed by atoms with E-state index in [1.54, 1.807) is 18.2 Å². The van der Waals surface area contributed by atoms with Crippen LogP contribution in [0.15, 0.2) is 30.3 Å². The summed E-state index contributed by atoms with van der Waals surface area (Å²) >= 11 is 0. The van der Waals surface area contributed by atoms with Crippen LogP contribution in [0.1, 0.15) is 0 Å². The Bertz CT molecular complexity index is 414. The van der Waals surface area contributed by atoms with Gasteiger partial charge in [-0.05, 0) is 12.1 Å². The zero-order valence-corrected chi connectivity index (χ0v) is 7.75. The number of esters is 1. The number of carbonyl (C=O) groups is 1. The molecule has 16 heavy (non-hydrogen) atoms. The van der Waals surface area contributed by atoms with E-state index < -0.39 is 12.3 Å². The van der Waals surface area contributed by atoms with Crippen molar-refractivity contribution in [1.82, 2.24) is 0 Å². The van der Waals surface area contributed by atoms with Crippen molar-refractivity contribution in [1.29, 1.82) is 0 Å². The van der Waals surface area contributed by atoms with Gasteiger partial charge in [-0.3, -0.25) is 0 Å². The van der Waals surface area contributed by atoms with Crippen LogP contribution in [0.5, 0.6) is 5.75 Å². The highest BCUT2D eigenvalue weighted by atomic mass is 19.4. The number of benzene rings is 1. The largest absolute Gasteiger partial charge is 0.581 e. The van der Waals surface area contributed by atoms with Crippen molar-refractivity contribution in [2.75, 3.05) is 0 Å². The first kappa shape index (κ1) is 11.9. The molecule has 0 fully saturated rings. The average molecular weight is 230 g/mol. The third-order valence-electron chi connectivity index (χ3n) is 1.27. The van der Waals surface area contributed by atoms with Crippen LogP contribution in [0.2, 0.25) is 0 Å². The third kappa shape index (κ3) is 4.91. The molecule has 6 heteroatoms. The molecule has 0 amide bonds. The fourth-order valence-corrected chi connectivity index (χ4v) is 0.746. The number of carbonyl (C=O) groups excluding carboxylic acids is 1. The fourth-order valence-electron chi connectivity index (χ4n) is 0.746. The Kier molecular flexibility index (Phi) is 3.78. The summed E-state index contributed by atoms with van der Waals surface area (Å²) in [4.78, 5) is 10.9. The van der Waals surface area contributed by atoms with Crippen molar-refractivity contribution in [3.05, 3.63) is 30.3 Å². The lowest BCUT2D eigenvalue weighted by Crippen LogP contribution is -2.10. The summed E-state index contributed by atoms with van der Waals surface area (Å²) < 4.78 is 42.0. The summed E-state index contributed by atoms with van der Waals surface area (Å²) in [5, 5.41) is 0.